The van der Waals surface area contributed by atoms with E-state index in [9.17, 15) is 9.90 Å². The largest absolute Gasteiger partial charge is 0.465 e. The van der Waals surface area contributed by atoms with Gasteiger partial charge in [-0.05, 0) is 57.7 Å². The number of aromatic amines is 1. The Bertz CT molecular complexity index is 1250. The number of amides is 1. The maximum atomic E-state index is 11.6. The zero-order chi connectivity index (χ0) is 26.4. The number of nitriles is 1. The molecule has 0 atom stereocenters. The van der Waals surface area contributed by atoms with Crippen molar-refractivity contribution in [1.29, 1.82) is 5.26 Å². The fourth-order valence-electron chi connectivity index (χ4n) is 3.89. The summed E-state index contributed by atoms with van der Waals surface area (Å²) in [7, 11) is 0. The number of carbonyl (C=O) groups is 1. The van der Waals surface area contributed by atoms with Crippen LogP contribution in [0.15, 0.2) is 36.4 Å². The van der Waals surface area contributed by atoms with Crippen LogP contribution in [0.5, 0.6) is 0 Å². The summed E-state index contributed by atoms with van der Waals surface area (Å²) < 4.78 is 0. The number of hydrogen-bond acceptors (Lipinski definition) is 8. The molecule has 3 aromatic rings. The molecule has 11 nitrogen and oxygen atoms in total. The van der Waals surface area contributed by atoms with Crippen molar-refractivity contribution in [2.45, 2.75) is 57.9 Å². The number of aromatic nitrogens is 4. The molecular formula is C26H33N9O2. The molecule has 0 unspecified atom stereocenters. The third-order valence-electron chi connectivity index (χ3n) is 6.00. The van der Waals surface area contributed by atoms with Crippen molar-refractivity contribution in [2.75, 3.05) is 29.0 Å². The first kappa shape index (κ1) is 25.8. The van der Waals surface area contributed by atoms with E-state index in [2.05, 4.69) is 42.2 Å². The quantitative estimate of drug-likeness (QED) is 0.222. The normalized spacial score (nSPS) is 13.0. The number of nitrogens with zero attached hydrogens (tertiary/aromatic N) is 5. The molecular weight excluding hydrogens is 470 g/mol. The molecule has 1 amide bonds. The first-order valence-electron chi connectivity index (χ1n) is 12.4. The van der Waals surface area contributed by atoms with Gasteiger partial charge in [0.2, 0.25) is 5.95 Å². The highest BCUT2D eigenvalue weighted by Crippen LogP contribution is 2.39. The lowest BCUT2D eigenvalue weighted by atomic mass is 10.1. The van der Waals surface area contributed by atoms with E-state index in [4.69, 9.17) is 5.26 Å². The summed E-state index contributed by atoms with van der Waals surface area (Å²) in [6.45, 7) is 6.58. The van der Waals surface area contributed by atoms with Gasteiger partial charge in [0, 0.05) is 48.1 Å². The Kier molecular flexibility index (Phi) is 7.77. The Morgan fingerprint density at radius 2 is 1.86 bits per heavy atom. The SMILES string of the molecule is CC(C)(C)N(CCCNc1cc(Nc2cc(C3CC3)[nH]n2)nc(Nc2ccc(CC#N)cc2)n1)C(=O)O. The third kappa shape index (κ3) is 7.33. The molecule has 2 heterocycles. The maximum absolute atomic E-state index is 11.6. The van der Waals surface area contributed by atoms with Crippen molar-refractivity contribution in [2.24, 2.45) is 0 Å². The van der Waals surface area contributed by atoms with Crippen LogP contribution in [0.3, 0.4) is 0 Å². The number of rotatable bonds is 11. The highest BCUT2D eigenvalue weighted by Gasteiger charge is 2.26. The van der Waals surface area contributed by atoms with Crippen LogP contribution in [-0.2, 0) is 6.42 Å². The van der Waals surface area contributed by atoms with Crippen LogP contribution in [0.4, 0.5) is 33.9 Å². The van der Waals surface area contributed by atoms with E-state index in [0.717, 1.165) is 16.9 Å². The number of carboxylic acid groups (broad SMARTS) is 1. The smallest absolute Gasteiger partial charge is 0.407 e. The molecule has 4 rings (SSSR count). The van der Waals surface area contributed by atoms with Crippen LogP contribution in [-0.4, -0.2) is 54.9 Å². The van der Waals surface area contributed by atoms with Gasteiger partial charge in [0.1, 0.15) is 11.6 Å². The lowest BCUT2D eigenvalue weighted by Gasteiger charge is -2.33. The Morgan fingerprint density at radius 1 is 1.14 bits per heavy atom. The summed E-state index contributed by atoms with van der Waals surface area (Å²) in [6.07, 6.45) is 2.39. The summed E-state index contributed by atoms with van der Waals surface area (Å²) in [5, 5.41) is 35.6. The third-order valence-corrected chi connectivity index (χ3v) is 6.00. The van der Waals surface area contributed by atoms with Crippen molar-refractivity contribution in [3.05, 3.63) is 47.7 Å². The van der Waals surface area contributed by atoms with Crippen molar-refractivity contribution in [3.63, 3.8) is 0 Å². The maximum Gasteiger partial charge on any atom is 0.407 e. The van der Waals surface area contributed by atoms with Crippen molar-refractivity contribution in [3.8, 4) is 6.07 Å². The van der Waals surface area contributed by atoms with Gasteiger partial charge in [0.15, 0.2) is 5.82 Å². The fourth-order valence-corrected chi connectivity index (χ4v) is 3.89. The van der Waals surface area contributed by atoms with Crippen LogP contribution in [0, 0.1) is 11.3 Å². The minimum Gasteiger partial charge on any atom is -0.465 e. The lowest BCUT2D eigenvalue weighted by Crippen LogP contribution is -2.45. The summed E-state index contributed by atoms with van der Waals surface area (Å²) >= 11 is 0. The van der Waals surface area contributed by atoms with E-state index in [1.807, 2.05) is 51.1 Å². The molecule has 5 N–H and O–H groups in total. The summed E-state index contributed by atoms with van der Waals surface area (Å²) in [5.41, 5.74) is 2.37. The molecule has 194 valence electrons. The van der Waals surface area contributed by atoms with Crippen molar-refractivity contribution in [1.82, 2.24) is 25.1 Å². The van der Waals surface area contributed by atoms with E-state index in [0.29, 0.717) is 55.3 Å². The molecule has 11 heteroatoms. The number of H-pyrrole nitrogens is 1. The van der Waals surface area contributed by atoms with Crippen LogP contribution in [0.2, 0.25) is 0 Å². The zero-order valence-corrected chi connectivity index (χ0v) is 21.4. The molecule has 1 fully saturated rings. The number of nitrogens with one attached hydrogen (secondary N) is 4. The molecule has 0 bridgehead atoms. The van der Waals surface area contributed by atoms with Crippen LogP contribution in [0.25, 0.3) is 0 Å². The van der Waals surface area contributed by atoms with Gasteiger partial charge in [0.25, 0.3) is 0 Å². The molecule has 1 saturated carbocycles. The molecule has 1 aliphatic rings. The van der Waals surface area contributed by atoms with E-state index in [-0.39, 0.29) is 0 Å². The molecule has 1 aliphatic carbocycles. The summed E-state index contributed by atoms with van der Waals surface area (Å²) in [5.74, 6) is 2.79. The molecule has 0 saturated heterocycles. The van der Waals surface area contributed by atoms with E-state index in [1.165, 1.54) is 17.7 Å². The number of benzene rings is 1. The van der Waals surface area contributed by atoms with Gasteiger partial charge in [-0.2, -0.15) is 20.3 Å². The predicted molar refractivity (Wildman–Crippen MR) is 143 cm³/mol. The van der Waals surface area contributed by atoms with Gasteiger partial charge in [0.05, 0.1) is 12.5 Å². The van der Waals surface area contributed by atoms with E-state index < -0.39 is 11.6 Å². The Hall–Kier alpha value is -4.33. The number of anilines is 5. The second kappa shape index (κ2) is 11.2. The van der Waals surface area contributed by atoms with Crippen LogP contribution < -0.4 is 16.0 Å². The van der Waals surface area contributed by atoms with Gasteiger partial charge < -0.3 is 26.0 Å². The van der Waals surface area contributed by atoms with Gasteiger partial charge in [-0.25, -0.2) is 4.79 Å². The second-order valence-electron chi connectivity index (χ2n) is 10.1. The van der Waals surface area contributed by atoms with E-state index >= 15 is 0 Å². The lowest BCUT2D eigenvalue weighted by molar-refractivity contribution is 0.100. The first-order valence-corrected chi connectivity index (χ1v) is 12.4. The zero-order valence-electron chi connectivity index (χ0n) is 21.4. The van der Waals surface area contributed by atoms with E-state index in [1.54, 1.807) is 6.07 Å². The van der Waals surface area contributed by atoms with Gasteiger partial charge in [-0.3, -0.25) is 5.10 Å². The molecule has 0 spiro atoms. The van der Waals surface area contributed by atoms with Crippen LogP contribution in [0.1, 0.15) is 57.2 Å². The topological polar surface area (TPSA) is 155 Å². The van der Waals surface area contributed by atoms with Crippen LogP contribution >= 0.6 is 0 Å². The van der Waals surface area contributed by atoms with Gasteiger partial charge >= 0.3 is 6.09 Å². The molecule has 1 aromatic carbocycles. The van der Waals surface area contributed by atoms with Crippen molar-refractivity contribution < 1.29 is 9.90 Å². The average Bonchev–Trinajstić information content (AvgIpc) is 3.58. The summed E-state index contributed by atoms with van der Waals surface area (Å²) in [4.78, 5) is 22.2. The fraction of sp³-hybridized carbons (Fsp3) is 0.423. The van der Waals surface area contributed by atoms with Crippen molar-refractivity contribution >= 4 is 35.2 Å². The summed E-state index contributed by atoms with van der Waals surface area (Å²) in [6, 6.07) is 13.5. The minimum absolute atomic E-state index is 0.352. The predicted octanol–water partition coefficient (Wildman–Crippen LogP) is 5.21. The monoisotopic (exact) mass is 503 g/mol. The molecule has 0 radical (unpaired) electrons. The Labute approximate surface area is 216 Å². The highest BCUT2D eigenvalue weighted by molar-refractivity contribution is 5.66. The van der Waals surface area contributed by atoms with Gasteiger partial charge in [-0.15, -0.1) is 0 Å². The standard InChI is InChI=1S/C26H33N9O2/c1-26(2,3)35(25(36)37)14-4-13-28-21-16-22(30-23-15-20(33-34-23)18-7-8-18)32-24(31-21)29-19-9-5-17(6-10-19)11-12-27/h5-6,9-10,15-16,18H,4,7-8,11,13-14H2,1-3H3,(H,36,37)(H4,28,29,30,31,32,33,34). The average molecular weight is 504 g/mol. The molecule has 0 aliphatic heterocycles. The molecule has 37 heavy (non-hydrogen) atoms. The second-order valence-corrected chi connectivity index (χ2v) is 10.1. The minimum atomic E-state index is -0.933. The molecule has 2 aromatic heterocycles. The van der Waals surface area contributed by atoms with Gasteiger partial charge in [-0.1, -0.05) is 12.1 Å². The number of hydrogen-bond donors (Lipinski definition) is 5. The first-order chi connectivity index (χ1) is 17.7. The Morgan fingerprint density at radius 3 is 2.51 bits per heavy atom. The highest BCUT2D eigenvalue weighted by atomic mass is 16.4. The Balaban J connectivity index is 1.47.